The summed E-state index contributed by atoms with van der Waals surface area (Å²) in [6.45, 7) is 1.84. The van der Waals surface area contributed by atoms with E-state index in [1.165, 1.54) is 28.9 Å². The molecule has 0 spiro atoms. The fourth-order valence-electron chi connectivity index (χ4n) is 3.28. The smallest absolute Gasteiger partial charge is 0.416 e. The Bertz CT molecular complexity index is 1480. The quantitative estimate of drug-likeness (QED) is 0.434. The molecule has 1 heterocycles. The summed E-state index contributed by atoms with van der Waals surface area (Å²) >= 11 is 0. The highest BCUT2D eigenvalue weighted by atomic mass is 32.2. The van der Waals surface area contributed by atoms with Crippen molar-refractivity contribution >= 4 is 15.8 Å². The van der Waals surface area contributed by atoms with Crippen LogP contribution in [0.4, 0.5) is 13.2 Å². The van der Waals surface area contributed by atoms with Crippen LogP contribution in [0.3, 0.4) is 0 Å². The molecule has 0 amide bonds. The van der Waals surface area contributed by atoms with Crippen molar-refractivity contribution in [2.45, 2.75) is 23.0 Å². The van der Waals surface area contributed by atoms with Crippen molar-refractivity contribution < 1.29 is 31.5 Å². The van der Waals surface area contributed by atoms with Gasteiger partial charge in [0.05, 0.1) is 21.7 Å². The van der Waals surface area contributed by atoms with Crippen LogP contribution >= 0.6 is 0 Å². The average molecular weight is 487 g/mol. The lowest BCUT2D eigenvalue weighted by Gasteiger charge is -2.11. The Balaban J connectivity index is 1.93. The summed E-state index contributed by atoms with van der Waals surface area (Å²) in [4.78, 5) is 10.6. The molecule has 1 aromatic heterocycles. The summed E-state index contributed by atoms with van der Waals surface area (Å²) in [5.74, 6) is -1.14. The first-order valence-electron chi connectivity index (χ1n) is 9.77. The zero-order valence-corrected chi connectivity index (χ0v) is 18.3. The number of sulfone groups is 1. The number of nitrogens with zero attached hydrogens (tertiary/aromatic N) is 3. The molecule has 174 valence electrons. The third-order valence-electron chi connectivity index (χ3n) is 5.05. The average Bonchev–Trinajstić information content (AvgIpc) is 3.25. The lowest BCUT2D eigenvalue weighted by atomic mass is 10.1. The van der Waals surface area contributed by atoms with Gasteiger partial charge in [0.15, 0.2) is 0 Å². The van der Waals surface area contributed by atoms with Crippen LogP contribution in [0.25, 0.3) is 16.9 Å². The minimum atomic E-state index is -4.73. The molecule has 34 heavy (non-hydrogen) atoms. The number of carbonyl (C=O) groups is 1. The van der Waals surface area contributed by atoms with Crippen LogP contribution in [0.1, 0.15) is 21.5 Å². The predicted octanol–water partition coefficient (Wildman–Crippen LogP) is 4.79. The highest BCUT2D eigenvalue weighted by Crippen LogP contribution is 2.35. The van der Waals surface area contributed by atoms with Gasteiger partial charge in [0, 0.05) is 5.56 Å². The van der Waals surface area contributed by atoms with E-state index in [0.717, 1.165) is 23.8 Å². The summed E-state index contributed by atoms with van der Waals surface area (Å²) in [5.41, 5.74) is 0.554. The van der Waals surface area contributed by atoms with E-state index in [2.05, 4.69) is 10.3 Å². The molecule has 4 aromatic rings. The normalized spacial score (nSPS) is 12.0. The number of aromatic nitrogens is 3. The molecule has 0 saturated carbocycles. The van der Waals surface area contributed by atoms with Crippen LogP contribution in [-0.2, 0) is 16.0 Å². The third kappa shape index (κ3) is 4.29. The van der Waals surface area contributed by atoms with Gasteiger partial charge in [0.2, 0.25) is 14.9 Å². The van der Waals surface area contributed by atoms with Crippen molar-refractivity contribution in [3.8, 4) is 16.9 Å². The standard InChI is InChI=1S/C23H16F3N3O4S/c1-14-5-7-15(8-6-14)20-21(27-28-29(20)18-11-9-16(10-12-18)22(30)31)34(32,33)19-4-2-3-17(13-19)23(24,25)26/h2-13H,1H3,(H,30,31). The molecule has 0 atom stereocenters. The van der Waals surface area contributed by atoms with Gasteiger partial charge in [-0.1, -0.05) is 41.1 Å². The van der Waals surface area contributed by atoms with Gasteiger partial charge in [-0.2, -0.15) is 13.2 Å². The number of hydrogen-bond donors (Lipinski definition) is 1. The highest BCUT2D eigenvalue weighted by Gasteiger charge is 2.34. The molecule has 3 aromatic carbocycles. The number of aryl methyl sites for hydroxylation is 1. The number of carboxylic acids is 1. The number of aromatic carboxylic acids is 1. The van der Waals surface area contributed by atoms with E-state index >= 15 is 0 Å². The summed E-state index contributed by atoms with van der Waals surface area (Å²) in [6, 6.07) is 15.6. The third-order valence-corrected chi connectivity index (χ3v) is 6.71. The molecule has 0 saturated heterocycles. The molecule has 0 aliphatic carbocycles. The maximum absolute atomic E-state index is 13.4. The summed E-state index contributed by atoms with van der Waals surface area (Å²) in [5, 5.41) is 16.4. The minimum Gasteiger partial charge on any atom is -0.478 e. The molecular weight excluding hydrogens is 471 g/mol. The number of benzene rings is 3. The van der Waals surface area contributed by atoms with Gasteiger partial charge in [-0.15, -0.1) is 5.10 Å². The highest BCUT2D eigenvalue weighted by molar-refractivity contribution is 7.91. The van der Waals surface area contributed by atoms with Crippen LogP contribution in [0.5, 0.6) is 0 Å². The van der Waals surface area contributed by atoms with Crippen LogP contribution < -0.4 is 0 Å². The summed E-state index contributed by atoms with van der Waals surface area (Å²) in [7, 11) is -4.51. The van der Waals surface area contributed by atoms with Crippen molar-refractivity contribution in [2.75, 3.05) is 0 Å². The lowest BCUT2D eigenvalue weighted by Crippen LogP contribution is -2.09. The molecular formula is C23H16F3N3O4S. The first-order chi connectivity index (χ1) is 16.0. The zero-order valence-electron chi connectivity index (χ0n) is 17.5. The zero-order chi connectivity index (χ0) is 24.7. The molecule has 0 fully saturated rings. The van der Waals surface area contributed by atoms with Crippen molar-refractivity contribution in [1.29, 1.82) is 0 Å². The van der Waals surface area contributed by atoms with Crippen molar-refractivity contribution in [1.82, 2.24) is 15.0 Å². The number of carboxylic acid groups (broad SMARTS) is 1. The van der Waals surface area contributed by atoms with Crippen LogP contribution in [0.15, 0.2) is 82.7 Å². The molecule has 11 heteroatoms. The molecule has 0 unspecified atom stereocenters. The van der Waals surface area contributed by atoms with E-state index in [0.29, 0.717) is 17.3 Å². The SMILES string of the molecule is Cc1ccc(-c2c(S(=O)(=O)c3cccc(C(F)(F)F)c3)nnn2-c2ccc(C(=O)O)cc2)cc1. The Morgan fingerprint density at radius 3 is 2.21 bits per heavy atom. The van der Waals surface area contributed by atoms with E-state index < -0.39 is 37.5 Å². The maximum atomic E-state index is 13.4. The lowest BCUT2D eigenvalue weighted by molar-refractivity contribution is -0.137. The van der Waals surface area contributed by atoms with Crippen molar-refractivity contribution in [2.24, 2.45) is 0 Å². The second-order valence-corrected chi connectivity index (χ2v) is 9.27. The van der Waals surface area contributed by atoms with Gasteiger partial charge < -0.3 is 5.11 Å². The molecule has 7 nitrogen and oxygen atoms in total. The second kappa shape index (κ2) is 8.41. The van der Waals surface area contributed by atoms with E-state index in [9.17, 15) is 26.4 Å². The number of halogens is 3. The fraction of sp³-hybridized carbons (Fsp3) is 0.0870. The van der Waals surface area contributed by atoms with Gasteiger partial charge in [-0.3, -0.25) is 0 Å². The van der Waals surface area contributed by atoms with Crippen molar-refractivity contribution in [3.05, 3.63) is 89.5 Å². The molecule has 0 aliphatic heterocycles. The first-order valence-corrected chi connectivity index (χ1v) is 11.3. The largest absolute Gasteiger partial charge is 0.478 e. The fourth-order valence-corrected chi connectivity index (χ4v) is 4.65. The van der Waals surface area contributed by atoms with Gasteiger partial charge in [-0.25, -0.2) is 17.9 Å². The minimum absolute atomic E-state index is 0.0116. The topological polar surface area (TPSA) is 102 Å². The Morgan fingerprint density at radius 1 is 0.971 bits per heavy atom. The Morgan fingerprint density at radius 2 is 1.62 bits per heavy atom. The predicted molar refractivity (Wildman–Crippen MR) is 115 cm³/mol. The van der Waals surface area contributed by atoms with E-state index in [1.54, 1.807) is 24.3 Å². The molecule has 1 N–H and O–H groups in total. The first kappa shape index (κ1) is 23.2. The van der Waals surface area contributed by atoms with Gasteiger partial charge in [0.25, 0.3) is 0 Å². The van der Waals surface area contributed by atoms with Crippen molar-refractivity contribution in [3.63, 3.8) is 0 Å². The van der Waals surface area contributed by atoms with Crippen LogP contribution in [0, 0.1) is 6.92 Å². The molecule has 0 aliphatic rings. The Hall–Kier alpha value is -3.99. The molecule has 4 rings (SSSR count). The Kier molecular flexibility index (Phi) is 5.74. The van der Waals surface area contributed by atoms with E-state index in [-0.39, 0.29) is 11.3 Å². The monoisotopic (exact) mass is 487 g/mol. The number of hydrogen-bond acceptors (Lipinski definition) is 5. The number of alkyl halides is 3. The summed E-state index contributed by atoms with van der Waals surface area (Å²) in [6.07, 6.45) is -4.73. The van der Waals surface area contributed by atoms with Gasteiger partial charge in [-0.05, 0) is 49.4 Å². The maximum Gasteiger partial charge on any atom is 0.416 e. The van der Waals surface area contributed by atoms with Crippen LogP contribution in [-0.4, -0.2) is 34.5 Å². The molecule has 0 radical (unpaired) electrons. The summed E-state index contributed by atoms with van der Waals surface area (Å²) < 4.78 is 67.6. The van der Waals surface area contributed by atoms with Crippen LogP contribution in [0.2, 0.25) is 0 Å². The van der Waals surface area contributed by atoms with E-state index in [4.69, 9.17) is 5.11 Å². The Labute approximate surface area is 192 Å². The van der Waals surface area contributed by atoms with Gasteiger partial charge >= 0.3 is 12.1 Å². The van der Waals surface area contributed by atoms with Gasteiger partial charge in [0.1, 0.15) is 5.69 Å². The molecule has 0 bridgehead atoms. The van der Waals surface area contributed by atoms with E-state index in [1.807, 2.05) is 6.92 Å². The number of rotatable bonds is 5. The second-order valence-electron chi connectivity index (χ2n) is 7.40.